The monoisotopic (exact) mass is 306 g/mol. The number of rotatable bonds is 14. The Morgan fingerprint density at radius 2 is 1.14 bits per heavy atom. The molecule has 0 aromatic rings. The van der Waals surface area contributed by atoms with E-state index in [0.717, 1.165) is 19.6 Å². The third kappa shape index (κ3) is 19.8. The van der Waals surface area contributed by atoms with Gasteiger partial charge in [0.25, 0.3) is 0 Å². The Kier molecular flexibility index (Phi) is 13.3. The molecule has 0 saturated carbocycles. The Morgan fingerprint density at radius 3 is 1.62 bits per heavy atom. The molecule has 0 unspecified atom stereocenters. The SMILES string of the molecule is CC(C)OCCCOCCOCCOCCOC(C)(C)C. The molecule has 0 amide bonds. The topological polar surface area (TPSA) is 46.2 Å². The highest BCUT2D eigenvalue weighted by Gasteiger charge is 2.08. The van der Waals surface area contributed by atoms with Crippen LogP contribution >= 0.6 is 0 Å². The molecule has 0 bridgehead atoms. The third-order valence-corrected chi connectivity index (χ3v) is 2.39. The van der Waals surface area contributed by atoms with Crippen molar-refractivity contribution >= 4 is 0 Å². The lowest BCUT2D eigenvalue weighted by atomic mass is 10.2. The van der Waals surface area contributed by atoms with Crippen LogP contribution in [0, 0.1) is 0 Å². The van der Waals surface area contributed by atoms with Crippen molar-refractivity contribution in [3.8, 4) is 0 Å². The Bertz CT molecular complexity index is 213. The first-order valence-electron chi connectivity index (χ1n) is 7.90. The van der Waals surface area contributed by atoms with E-state index in [1.54, 1.807) is 0 Å². The van der Waals surface area contributed by atoms with Crippen LogP contribution < -0.4 is 0 Å². The van der Waals surface area contributed by atoms with Crippen molar-refractivity contribution in [3.05, 3.63) is 0 Å². The van der Waals surface area contributed by atoms with Gasteiger partial charge < -0.3 is 23.7 Å². The first-order chi connectivity index (χ1) is 9.92. The standard InChI is InChI=1S/C16H34O5/c1-15(2)20-8-6-7-17-9-10-18-11-12-19-13-14-21-16(3,4)5/h15H,6-14H2,1-5H3. The van der Waals surface area contributed by atoms with E-state index in [1.807, 2.05) is 34.6 Å². The van der Waals surface area contributed by atoms with E-state index in [0.29, 0.717) is 45.7 Å². The lowest BCUT2D eigenvalue weighted by Crippen LogP contribution is -2.22. The van der Waals surface area contributed by atoms with E-state index >= 15 is 0 Å². The highest BCUT2D eigenvalue weighted by molar-refractivity contribution is 4.57. The number of ether oxygens (including phenoxy) is 5. The molecule has 21 heavy (non-hydrogen) atoms. The van der Waals surface area contributed by atoms with Gasteiger partial charge >= 0.3 is 0 Å². The molecule has 5 nitrogen and oxygen atoms in total. The van der Waals surface area contributed by atoms with Crippen molar-refractivity contribution in [1.29, 1.82) is 0 Å². The summed E-state index contributed by atoms with van der Waals surface area (Å²) in [6.07, 6.45) is 1.22. The highest BCUT2D eigenvalue weighted by atomic mass is 16.6. The summed E-state index contributed by atoms with van der Waals surface area (Å²) in [5, 5.41) is 0. The minimum absolute atomic E-state index is 0.0998. The second kappa shape index (κ2) is 13.5. The van der Waals surface area contributed by atoms with Crippen molar-refractivity contribution < 1.29 is 23.7 Å². The fourth-order valence-corrected chi connectivity index (χ4v) is 1.43. The van der Waals surface area contributed by atoms with Crippen LogP contribution in [0.25, 0.3) is 0 Å². The average Bonchev–Trinajstić information content (AvgIpc) is 2.37. The molecule has 0 atom stereocenters. The molecular weight excluding hydrogens is 272 g/mol. The van der Waals surface area contributed by atoms with Gasteiger partial charge in [-0.2, -0.15) is 0 Å². The molecule has 0 aliphatic rings. The molecule has 128 valence electrons. The minimum Gasteiger partial charge on any atom is -0.379 e. The van der Waals surface area contributed by atoms with Gasteiger partial charge in [0.05, 0.1) is 51.3 Å². The summed E-state index contributed by atoms with van der Waals surface area (Å²) in [5.41, 5.74) is -0.0998. The molecule has 0 heterocycles. The third-order valence-electron chi connectivity index (χ3n) is 2.39. The molecule has 0 N–H and O–H groups in total. The molecule has 0 aliphatic heterocycles. The van der Waals surface area contributed by atoms with E-state index in [4.69, 9.17) is 23.7 Å². The van der Waals surface area contributed by atoms with E-state index in [9.17, 15) is 0 Å². The van der Waals surface area contributed by atoms with Crippen LogP contribution in [0.2, 0.25) is 0 Å². The zero-order valence-electron chi connectivity index (χ0n) is 14.5. The lowest BCUT2D eigenvalue weighted by molar-refractivity contribution is -0.0453. The summed E-state index contributed by atoms with van der Waals surface area (Å²) in [5.74, 6) is 0. The summed E-state index contributed by atoms with van der Waals surface area (Å²) in [7, 11) is 0. The average molecular weight is 306 g/mol. The quantitative estimate of drug-likeness (QED) is 0.462. The van der Waals surface area contributed by atoms with Crippen molar-refractivity contribution in [2.45, 2.75) is 52.7 Å². The number of hydrogen-bond acceptors (Lipinski definition) is 5. The Balaban J connectivity index is 3.03. The van der Waals surface area contributed by atoms with Crippen LogP contribution in [0.1, 0.15) is 41.0 Å². The van der Waals surface area contributed by atoms with Crippen molar-refractivity contribution in [1.82, 2.24) is 0 Å². The van der Waals surface area contributed by atoms with E-state index in [-0.39, 0.29) is 5.60 Å². The highest BCUT2D eigenvalue weighted by Crippen LogP contribution is 2.05. The van der Waals surface area contributed by atoms with Crippen LogP contribution in [0.5, 0.6) is 0 Å². The van der Waals surface area contributed by atoms with Gasteiger partial charge in [-0.15, -0.1) is 0 Å². The predicted molar refractivity (Wildman–Crippen MR) is 83.9 cm³/mol. The summed E-state index contributed by atoms with van der Waals surface area (Å²) in [6, 6.07) is 0. The Hall–Kier alpha value is -0.200. The smallest absolute Gasteiger partial charge is 0.0707 e. The molecule has 0 aromatic heterocycles. The predicted octanol–water partition coefficient (Wildman–Crippen LogP) is 2.67. The summed E-state index contributed by atoms with van der Waals surface area (Å²) in [6.45, 7) is 15.3. The second-order valence-corrected chi connectivity index (χ2v) is 6.07. The van der Waals surface area contributed by atoms with Gasteiger partial charge in [0.2, 0.25) is 0 Å². The zero-order chi connectivity index (χ0) is 16.0. The van der Waals surface area contributed by atoms with E-state index < -0.39 is 0 Å². The fourth-order valence-electron chi connectivity index (χ4n) is 1.43. The summed E-state index contributed by atoms with van der Waals surface area (Å²) in [4.78, 5) is 0. The second-order valence-electron chi connectivity index (χ2n) is 6.07. The van der Waals surface area contributed by atoms with Gasteiger partial charge in [0.1, 0.15) is 0 Å². The van der Waals surface area contributed by atoms with Gasteiger partial charge in [-0.05, 0) is 41.0 Å². The number of hydrogen-bond donors (Lipinski definition) is 0. The largest absolute Gasteiger partial charge is 0.379 e. The van der Waals surface area contributed by atoms with Gasteiger partial charge in [-0.3, -0.25) is 0 Å². The van der Waals surface area contributed by atoms with Gasteiger partial charge in [0.15, 0.2) is 0 Å². The first kappa shape index (κ1) is 20.8. The van der Waals surface area contributed by atoms with Crippen LogP contribution in [-0.2, 0) is 23.7 Å². The minimum atomic E-state index is -0.0998. The van der Waals surface area contributed by atoms with Crippen LogP contribution in [0.15, 0.2) is 0 Å². The van der Waals surface area contributed by atoms with E-state index in [2.05, 4.69) is 0 Å². The molecule has 0 radical (unpaired) electrons. The first-order valence-corrected chi connectivity index (χ1v) is 7.90. The van der Waals surface area contributed by atoms with E-state index in [1.165, 1.54) is 0 Å². The van der Waals surface area contributed by atoms with Gasteiger partial charge in [-0.1, -0.05) is 0 Å². The molecule has 0 saturated heterocycles. The normalized spacial score (nSPS) is 12.3. The Morgan fingerprint density at radius 1 is 0.667 bits per heavy atom. The maximum absolute atomic E-state index is 5.54. The summed E-state index contributed by atoms with van der Waals surface area (Å²) >= 11 is 0. The maximum Gasteiger partial charge on any atom is 0.0707 e. The molecule has 5 heteroatoms. The maximum atomic E-state index is 5.54. The van der Waals surface area contributed by atoms with Gasteiger partial charge in [-0.25, -0.2) is 0 Å². The van der Waals surface area contributed by atoms with Crippen molar-refractivity contribution in [3.63, 3.8) is 0 Å². The molecular formula is C16H34O5. The van der Waals surface area contributed by atoms with Crippen molar-refractivity contribution in [2.75, 3.05) is 52.9 Å². The van der Waals surface area contributed by atoms with Crippen LogP contribution in [-0.4, -0.2) is 64.6 Å². The molecule has 0 spiro atoms. The van der Waals surface area contributed by atoms with Crippen molar-refractivity contribution in [2.24, 2.45) is 0 Å². The molecule has 0 fully saturated rings. The van der Waals surface area contributed by atoms with Gasteiger partial charge in [0, 0.05) is 13.2 Å². The molecule has 0 aliphatic carbocycles. The van der Waals surface area contributed by atoms with Crippen LogP contribution in [0.4, 0.5) is 0 Å². The lowest BCUT2D eigenvalue weighted by Gasteiger charge is -2.19. The Labute approximate surface area is 130 Å². The van der Waals surface area contributed by atoms with Crippen LogP contribution in [0.3, 0.4) is 0 Å². The zero-order valence-corrected chi connectivity index (χ0v) is 14.5. The molecule has 0 aromatic carbocycles. The molecule has 0 rings (SSSR count). The fraction of sp³-hybridized carbons (Fsp3) is 1.00. The summed E-state index contributed by atoms with van der Waals surface area (Å²) < 4.78 is 27.2.